The van der Waals surface area contributed by atoms with Crippen LogP contribution < -0.4 is 0 Å². The lowest BCUT2D eigenvalue weighted by atomic mass is 9.73. The first-order valence-corrected chi connectivity index (χ1v) is 8.15. The second kappa shape index (κ2) is 9.41. The summed E-state index contributed by atoms with van der Waals surface area (Å²) < 4.78 is 11.5. The monoisotopic (exact) mass is 278 g/mol. The maximum Gasteiger partial charge on any atom is 0.493 e. The number of unbranched alkanes of at least 4 members (excludes halogenated alkanes) is 4. The third-order valence-electron chi connectivity index (χ3n) is 3.23. The Kier molecular flexibility index (Phi) is 8.24. The standard InChI is InChI=1S/C17H31BO2/c1-5-6-7-8-9-10-12-16(15-17(2,3)4)18-19-13-11-14-20-18/h10,12,15H,5-9,11,13-14H2,1-4H3/b12-10+,16-15-. The van der Waals surface area contributed by atoms with Gasteiger partial charge in [-0.15, -0.1) is 0 Å². The van der Waals surface area contributed by atoms with Crippen molar-refractivity contribution < 1.29 is 9.31 Å². The normalized spacial score (nSPS) is 18.0. The molecule has 0 aromatic heterocycles. The molecule has 0 atom stereocenters. The van der Waals surface area contributed by atoms with E-state index in [1.807, 2.05) is 0 Å². The molecule has 0 spiro atoms. The summed E-state index contributed by atoms with van der Waals surface area (Å²) in [5.41, 5.74) is 1.32. The van der Waals surface area contributed by atoms with Gasteiger partial charge in [-0.25, -0.2) is 0 Å². The van der Waals surface area contributed by atoms with Crippen LogP contribution in [0.5, 0.6) is 0 Å². The molecule has 0 unspecified atom stereocenters. The first-order chi connectivity index (χ1) is 9.53. The van der Waals surface area contributed by atoms with Crippen LogP contribution in [-0.4, -0.2) is 20.3 Å². The zero-order valence-electron chi connectivity index (χ0n) is 13.8. The van der Waals surface area contributed by atoms with Gasteiger partial charge in [-0.05, 0) is 30.1 Å². The van der Waals surface area contributed by atoms with Gasteiger partial charge in [-0.2, -0.15) is 0 Å². The van der Waals surface area contributed by atoms with Crippen LogP contribution in [0, 0.1) is 5.41 Å². The van der Waals surface area contributed by atoms with E-state index in [0.717, 1.165) is 26.1 Å². The van der Waals surface area contributed by atoms with E-state index in [1.165, 1.54) is 31.2 Å². The lowest BCUT2D eigenvalue weighted by Gasteiger charge is -2.23. The largest absolute Gasteiger partial charge is 0.493 e. The van der Waals surface area contributed by atoms with Crippen LogP contribution in [0.2, 0.25) is 0 Å². The number of rotatable bonds is 7. The van der Waals surface area contributed by atoms with Crippen molar-refractivity contribution in [1.29, 1.82) is 0 Å². The molecule has 1 aliphatic heterocycles. The van der Waals surface area contributed by atoms with Gasteiger partial charge in [0.1, 0.15) is 0 Å². The summed E-state index contributed by atoms with van der Waals surface area (Å²) >= 11 is 0. The van der Waals surface area contributed by atoms with E-state index >= 15 is 0 Å². The van der Waals surface area contributed by atoms with Gasteiger partial charge >= 0.3 is 7.12 Å². The fourth-order valence-electron chi connectivity index (χ4n) is 2.28. The van der Waals surface area contributed by atoms with Crippen LogP contribution in [0.3, 0.4) is 0 Å². The highest BCUT2D eigenvalue weighted by molar-refractivity contribution is 6.54. The molecule has 0 amide bonds. The van der Waals surface area contributed by atoms with Crippen LogP contribution in [0.15, 0.2) is 23.7 Å². The van der Waals surface area contributed by atoms with Crippen molar-refractivity contribution in [3.05, 3.63) is 23.7 Å². The molecule has 1 heterocycles. The Morgan fingerprint density at radius 1 is 1.10 bits per heavy atom. The van der Waals surface area contributed by atoms with Gasteiger partial charge in [0, 0.05) is 13.2 Å². The lowest BCUT2D eigenvalue weighted by Crippen LogP contribution is -2.32. The topological polar surface area (TPSA) is 18.5 Å². The molecule has 0 aromatic rings. The fourth-order valence-corrected chi connectivity index (χ4v) is 2.28. The molecule has 114 valence electrons. The molecular weight excluding hydrogens is 247 g/mol. The molecule has 1 fully saturated rings. The fraction of sp³-hybridized carbons (Fsp3) is 0.765. The minimum atomic E-state index is -0.171. The minimum absolute atomic E-state index is 0.145. The summed E-state index contributed by atoms with van der Waals surface area (Å²) in [5.74, 6) is 0. The van der Waals surface area contributed by atoms with Crippen molar-refractivity contribution >= 4 is 7.12 Å². The predicted octanol–water partition coefficient (Wildman–Crippen LogP) is 4.95. The Hall–Kier alpha value is -0.535. The molecule has 20 heavy (non-hydrogen) atoms. The van der Waals surface area contributed by atoms with Gasteiger partial charge < -0.3 is 9.31 Å². The number of hydrogen-bond donors (Lipinski definition) is 0. The summed E-state index contributed by atoms with van der Waals surface area (Å²) in [5, 5.41) is 0. The van der Waals surface area contributed by atoms with E-state index in [0.29, 0.717) is 0 Å². The average Bonchev–Trinajstić information content (AvgIpc) is 2.41. The Morgan fingerprint density at radius 2 is 1.80 bits per heavy atom. The molecule has 0 bridgehead atoms. The lowest BCUT2D eigenvalue weighted by molar-refractivity contribution is 0.140. The molecule has 1 rings (SSSR count). The zero-order valence-corrected chi connectivity index (χ0v) is 13.8. The van der Waals surface area contributed by atoms with Crippen LogP contribution in [0.25, 0.3) is 0 Å². The highest BCUT2D eigenvalue weighted by Gasteiger charge is 2.26. The van der Waals surface area contributed by atoms with E-state index in [2.05, 4.69) is 45.9 Å². The summed E-state index contributed by atoms with van der Waals surface area (Å²) in [6, 6.07) is 0. The molecule has 0 radical (unpaired) electrons. The molecule has 0 saturated carbocycles. The van der Waals surface area contributed by atoms with Crippen molar-refractivity contribution in [2.45, 2.75) is 66.2 Å². The highest BCUT2D eigenvalue weighted by atomic mass is 16.6. The third-order valence-corrected chi connectivity index (χ3v) is 3.23. The highest BCUT2D eigenvalue weighted by Crippen LogP contribution is 2.22. The van der Waals surface area contributed by atoms with Crippen LogP contribution in [-0.2, 0) is 9.31 Å². The van der Waals surface area contributed by atoms with E-state index in [1.54, 1.807) is 0 Å². The van der Waals surface area contributed by atoms with Crippen LogP contribution in [0.4, 0.5) is 0 Å². The second-order valence-electron chi connectivity index (χ2n) is 6.69. The SMILES string of the molecule is CCCCCC/C=C/C(=C/C(C)(C)C)B1OCCCO1. The number of allylic oxidation sites excluding steroid dienone is 4. The summed E-state index contributed by atoms with van der Waals surface area (Å²) in [4.78, 5) is 0. The van der Waals surface area contributed by atoms with Gasteiger partial charge in [0.2, 0.25) is 0 Å². The van der Waals surface area contributed by atoms with Gasteiger partial charge in [-0.3, -0.25) is 0 Å². The molecule has 0 aromatic carbocycles. The van der Waals surface area contributed by atoms with Crippen molar-refractivity contribution in [3.63, 3.8) is 0 Å². The smallest absolute Gasteiger partial charge is 0.407 e. The zero-order chi connectivity index (χ0) is 14.8. The van der Waals surface area contributed by atoms with Gasteiger partial charge in [0.25, 0.3) is 0 Å². The minimum Gasteiger partial charge on any atom is -0.407 e. The Balaban J connectivity index is 2.54. The molecular formula is C17H31BO2. The quantitative estimate of drug-likeness (QED) is 0.372. The van der Waals surface area contributed by atoms with Crippen molar-refractivity contribution in [3.8, 4) is 0 Å². The molecule has 1 saturated heterocycles. The summed E-state index contributed by atoms with van der Waals surface area (Å²) in [6.07, 6.45) is 14.1. The van der Waals surface area contributed by atoms with E-state index < -0.39 is 0 Å². The molecule has 2 nitrogen and oxygen atoms in total. The van der Waals surface area contributed by atoms with E-state index in [-0.39, 0.29) is 12.5 Å². The maximum absolute atomic E-state index is 5.74. The summed E-state index contributed by atoms with van der Waals surface area (Å²) in [7, 11) is -0.171. The second-order valence-corrected chi connectivity index (χ2v) is 6.69. The summed E-state index contributed by atoms with van der Waals surface area (Å²) in [6.45, 7) is 10.5. The van der Waals surface area contributed by atoms with Crippen LogP contribution in [0.1, 0.15) is 66.2 Å². The van der Waals surface area contributed by atoms with Gasteiger partial charge in [0.05, 0.1) is 0 Å². The van der Waals surface area contributed by atoms with Crippen molar-refractivity contribution in [2.75, 3.05) is 13.2 Å². The Morgan fingerprint density at radius 3 is 2.40 bits per heavy atom. The third kappa shape index (κ3) is 7.91. The first-order valence-electron chi connectivity index (χ1n) is 8.15. The number of hydrogen-bond acceptors (Lipinski definition) is 2. The average molecular weight is 278 g/mol. The Bertz CT molecular complexity index is 309. The van der Waals surface area contributed by atoms with Crippen LogP contribution >= 0.6 is 0 Å². The van der Waals surface area contributed by atoms with E-state index in [9.17, 15) is 0 Å². The maximum atomic E-state index is 5.74. The molecule has 3 heteroatoms. The molecule has 1 aliphatic rings. The van der Waals surface area contributed by atoms with Crippen molar-refractivity contribution in [1.82, 2.24) is 0 Å². The van der Waals surface area contributed by atoms with Crippen molar-refractivity contribution in [2.24, 2.45) is 5.41 Å². The van der Waals surface area contributed by atoms with Gasteiger partial charge in [-0.1, -0.05) is 65.2 Å². The van der Waals surface area contributed by atoms with E-state index in [4.69, 9.17) is 9.31 Å². The predicted molar refractivity (Wildman–Crippen MR) is 87.7 cm³/mol. The Labute approximate surface area is 125 Å². The van der Waals surface area contributed by atoms with Gasteiger partial charge in [0.15, 0.2) is 0 Å². The first kappa shape index (κ1) is 17.5. The molecule has 0 N–H and O–H groups in total. The molecule has 0 aliphatic carbocycles.